The Bertz CT molecular complexity index is 119. The summed E-state index contributed by atoms with van der Waals surface area (Å²) in [5.74, 6) is -0.150. The van der Waals surface area contributed by atoms with E-state index >= 15 is 0 Å². The van der Waals surface area contributed by atoms with Crippen LogP contribution in [0.3, 0.4) is 0 Å². The molecule has 1 rings (SSSR count). The first-order chi connectivity index (χ1) is 5.83. The summed E-state index contributed by atoms with van der Waals surface area (Å²) >= 11 is 0. The van der Waals surface area contributed by atoms with Gasteiger partial charge in [0.15, 0.2) is 0 Å². The molecule has 0 aliphatic carbocycles. The molecule has 0 spiro atoms. The molecular formula is C10H20O2. The van der Waals surface area contributed by atoms with Crippen molar-refractivity contribution in [3.63, 3.8) is 0 Å². The molecule has 1 saturated heterocycles. The Hall–Kier alpha value is -0.0800. The van der Waals surface area contributed by atoms with Gasteiger partial charge in [0, 0.05) is 12.8 Å². The molecule has 0 atom stereocenters. The van der Waals surface area contributed by atoms with Gasteiger partial charge in [-0.1, -0.05) is 39.5 Å². The average molecular weight is 172 g/mol. The first kappa shape index (κ1) is 10.0. The van der Waals surface area contributed by atoms with Crippen molar-refractivity contribution in [2.45, 2.75) is 64.6 Å². The quantitative estimate of drug-likeness (QED) is 0.334. The Morgan fingerprint density at radius 3 is 2.08 bits per heavy atom. The van der Waals surface area contributed by atoms with Gasteiger partial charge in [-0.15, -0.1) is 0 Å². The molecule has 0 unspecified atom stereocenters. The summed E-state index contributed by atoms with van der Waals surface area (Å²) in [6.45, 7) is 4.39. The summed E-state index contributed by atoms with van der Waals surface area (Å²) in [5.41, 5.74) is 0. The molecular weight excluding hydrogens is 152 g/mol. The predicted octanol–water partition coefficient (Wildman–Crippen LogP) is 3.42. The van der Waals surface area contributed by atoms with E-state index in [1.165, 1.54) is 25.7 Å². The molecule has 0 radical (unpaired) electrons. The first-order valence-electron chi connectivity index (χ1n) is 5.20. The van der Waals surface area contributed by atoms with Crippen molar-refractivity contribution in [2.75, 3.05) is 0 Å². The van der Waals surface area contributed by atoms with E-state index < -0.39 is 0 Å². The fourth-order valence-corrected chi connectivity index (χ4v) is 1.55. The molecule has 12 heavy (non-hydrogen) atoms. The van der Waals surface area contributed by atoms with Crippen LogP contribution in [0.2, 0.25) is 0 Å². The third-order valence-electron chi connectivity index (χ3n) is 2.36. The van der Waals surface area contributed by atoms with Crippen LogP contribution in [0.1, 0.15) is 58.8 Å². The highest BCUT2D eigenvalue weighted by Gasteiger charge is 2.46. The Labute approximate surface area is 75.2 Å². The van der Waals surface area contributed by atoms with Crippen LogP contribution in [0.4, 0.5) is 0 Å². The summed E-state index contributed by atoms with van der Waals surface area (Å²) in [6, 6.07) is 0. The molecule has 0 aromatic rings. The van der Waals surface area contributed by atoms with Crippen LogP contribution in [0.5, 0.6) is 0 Å². The number of hydrogen-bond donors (Lipinski definition) is 0. The standard InChI is InChI=1S/C10H20O2/c1-3-5-6-7-9-10(8-4-2)11-12-10/h3-9H2,1-2H3. The molecule has 0 N–H and O–H groups in total. The zero-order valence-corrected chi connectivity index (χ0v) is 8.27. The lowest BCUT2D eigenvalue weighted by molar-refractivity contribution is 0.0850. The summed E-state index contributed by atoms with van der Waals surface area (Å²) in [6.07, 6.45) is 8.47. The van der Waals surface area contributed by atoms with Crippen molar-refractivity contribution in [3.05, 3.63) is 0 Å². The molecule has 1 aliphatic rings. The average Bonchev–Trinajstić information content (AvgIpc) is 2.81. The summed E-state index contributed by atoms with van der Waals surface area (Å²) in [5, 5.41) is 0. The maximum atomic E-state index is 5.02. The van der Waals surface area contributed by atoms with Crippen molar-refractivity contribution in [2.24, 2.45) is 0 Å². The second-order valence-corrected chi connectivity index (χ2v) is 3.64. The van der Waals surface area contributed by atoms with Crippen LogP contribution in [0.15, 0.2) is 0 Å². The van der Waals surface area contributed by atoms with Gasteiger partial charge in [-0.3, -0.25) is 0 Å². The molecule has 0 aromatic carbocycles. The number of unbranched alkanes of at least 4 members (excludes halogenated alkanes) is 3. The normalized spacial score (nSPS) is 19.5. The SMILES string of the molecule is CCCCCCC1(CCC)OO1. The second-order valence-electron chi connectivity index (χ2n) is 3.64. The maximum Gasteiger partial charge on any atom is 0.234 e. The van der Waals surface area contributed by atoms with Gasteiger partial charge in [0.05, 0.1) is 0 Å². The molecule has 0 bridgehead atoms. The van der Waals surface area contributed by atoms with Gasteiger partial charge in [0.1, 0.15) is 0 Å². The smallest absolute Gasteiger partial charge is 0.195 e. The molecule has 0 aromatic heterocycles. The Balaban J connectivity index is 1.98. The molecule has 0 amide bonds. The van der Waals surface area contributed by atoms with Crippen molar-refractivity contribution in [3.8, 4) is 0 Å². The fourth-order valence-electron chi connectivity index (χ4n) is 1.55. The fraction of sp³-hybridized carbons (Fsp3) is 1.00. The van der Waals surface area contributed by atoms with Gasteiger partial charge in [0.2, 0.25) is 5.79 Å². The van der Waals surface area contributed by atoms with Gasteiger partial charge >= 0.3 is 0 Å². The van der Waals surface area contributed by atoms with E-state index in [0.717, 1.165) is 19.3 Å². The van der Waals surface area contributed by atoms with E-state index in [1.807, 2.05) is 0 Å². The number of rotatable bonds is 7. The van der Waals surface area contributed by atoms with E-state index in [0.29, 0.717) is 0 Å². The van der Waals surface area contributed by atoms with Crippen LogP contribution in [0, 0.1) is 0 Å². The molecule has 0 saturated carbocycles. The monoisotopic (exact) mass is 172 g/mol. The van der Waals surface area contributed by atoms with Gasteiger partial charge in [-0.05, 0) is 6.42 Å². The zero-order chi connectivity index (χ0) is 8.86. The topological polar surface area (TPSA) is 25.1 Å². The van der Waals surface area contributed by atoms with Gasteiger partial charge in [0.25, 0.3) is 0 Å². The first-order valence-corrected chi connectivity index (χ1v) is 5.20. The molecule has 1 fully saturated rings. The molecule has 72 valence electrons. The zero-order valence-electron chi connectivity index (χ0n) is 8.27. The minimum absolute atomic E-state index is 0.150. The van der Waals surface area contributed by atoms with Crippen LogP contribution in [-0.2, 0) is 9.78 Å². The Kier molecular flexibility index (Phi) is 4.02. The number of hydrogen-bond acceptors (Lipinski definition) is 2. The minimum Gasteiger partial charge on any atom is -0.195 e. The van der Waals surface area contributed by atoms with Gasteiger partial charge in [-0.2, -0.15) is 9.78 Å². The van der Waals surface area contributed by atoms with Gasteiger partial charge in [-0.25, -0.2) is 0 Å². The summed E-state index contributed by atoms with van der Waals surface area (Å²) < 4.78 is 0. The highest BCUT2D eigenvalue weighted by Crippen LogP contribution is 2.39. The van der Waals surface area contributed by atoms with Gasteiger partial charge < -0.3 is 0 Å². The Morgan fingerprint density at radius 1 is 0.833 bits per heavy atom. The third kappa shape index (κ3) is 3.11. The summed E-state index contributed by atoms with van der Waals surface area (Å²) in [7, 11) is 0. The second kappa shape index (κ2) is 4.83. The largest absolute Gasteiger partial charge is 0.234 e. The minimum atomic E-state index is -0.150. The van der Waals surface area contributed by atoms with E-state index in [1.54, 1.807) is 0 Å². The third-order valence-corrected chi connectivity index (χ3v) is 2.36. The highest BCUT2D eigenvalue weighted by molar-refractivity contribution is 4.73. The van der Waals surface area contributed by atoms with E-state index in [2.05, 4.69) is 13.8 Å². The van der Waals surface area contributed by atoms with Crippen molar-refractivity contribution < 1.29 is 9.78 Å². The maximum absolute atomic E-state index is 5.02. The molecule has 2 heteroatoms. The molecule has 1 aliphatic heterocycles. The van der Waals surface area contributed by atoms with Crippen molar-refractivity contribution in [1.29, 1.82) is 0 Å². The molecule has 2 nitrogen and oxygen atoms in total. The summed E-state index contributed by atoms with van der Waals surface area (Å²) in [4.78, 5) is 10.0. The van der Waals surface area contributed by atoms with E-state index in [4.69, 9.17) is 9.78 Å². The van der Waals surface area contributed by atoms with Crippen LogP contribution in [0.25, 0.3) is 0 Å². The van der Waals surface area contributed by atoms with Crippen LogP contribution >= 0.6 is 0 Å². The van der Waals surface area contributed by atoms with Crippen molar-refractivity contribution in [1.82, 2.24) is 0 Å². The lowest BCUT2D eigenvalue weighted by atomic mass is 10.0. The van der Waals surface area contributed by atoms with Crippen LogP contribution < -0.4 is 0 Å². The van der Waals surface area contributed by atoms with E-state index in [9.17, 15) is 0 Å². The van der Waals surface area contributed by atoms with Crippen molar-refractivity contribution >= 4 is 0 Å². The van der Waals surface area contributed by atoms with Crippen LogP contribution in [-0.4, -0.2) is 5.79 Å². The lowest BCUT2D eigenvalue weighted by Crippen LogP contribution is -2.09. The highest BCUT2D eigenvalue weighted by atomic mass is 17.4. The van der Waals surface area contributed by atoms with E-state index in [-0.39, 0.29) is 5.79 Å². The Morgan fingerprint density at radius 2 is 1.58 bits per heavy atom. The predicted molar refractivity (Wildman–Crippen MR) is 48.6 cm³/mol. The lowest BCUT2D eigenvalue weighted by Gasteiger charge is -2.04. The molecule has 1 heterocycles.